The largest absolute Gasteiger partial charge is 0.396 e. The number of carbonyl (C=O) groups is 1. The topological polar surface area (TPSA) is 49.3 Å². The highest BCUT2D eigenvalue weighted by Gasteiger charge is 2.39. The number of carbonyl (C=O) groups excluding carboxylic acids is 1. The predicted molar refractivity (Wildman–Crippen MR) is 46.6 cm³/mol. The molecular weight excluding hydrogens is 154 g/mol. The second-order valence-electron chi connectivity index (χ2n) is 4.56. The summed E-state index contributed by atoms with van der Waals surface area (Å²) in [6, 6.07) is 0.120. The number of hydrogen-bond acceptors (Lipinski definition) is 2. The maximum Gasteiger partial charge on any atom is 0.220 e. The van der Waals surface area contributed by atoms with E-state index < -0.39 is 0 Å². The van der Waals surface area contributed by atoms with Gasteiger partial charge in [-0.2, -0.15) is 0 Å². The number of aliphatic hydroxyl groups excluding tert-OH is 1. The van der Waals surface area contributed by atoms with Crippen LogP contribution in [0.5, 0.6) is 0 Å². The number of rotatable bonds is 1. The summed E-state index contributed by atoms with van der Waals surface area (Å²) in [6.07, 6.45) is 0.471. The molecule has 0 aromatic carbocycles. The maximum absolute atomic E-state index is 11.0. The molecule has 3 nitrogen and oxygen atoms in total. The highest BCUT2D eigenvalue weighted by Crippen LogP contribution is 2.30. The summed E-state index contributed by atoms with van der Waals surface area (Å²) in [5.41, 5.74) is 0.0412. The highest BCUT2D eigenvalue weighted by molar-refractivity contribution is 5.79. The molecule has 2 atom stereocenters. The number of amides is 1. The summed E-state index contributed by atoms with van der Waals surface area (Å²) in [4.78, 5) is 11.0. The van der Waals surface area contributed by atoms with E-state index in [1.807, 2.05) is 0 Å². The fourth-order valence-electron chi connectivity index (χ4n) is 1.80. The summed E-state index contributed by atoms with van der Waals surface area (Å²) >= 11 is 0. The molecule has 2 N–H and O–H groups in total. The van der Waals surface area contributed by atoms with Crippen LogP contribution in [-0.2, 0) is 4.79 Å². The van der Waals surface area contributed by atoms with E-state index in [4.69, 9.17) is 5.11 Å². The first-order chi connectivity index (χ1) is 5.45. The maximum atomic E-state index is 11.0. The zero-order chi connectivity index (χ0) is 9.35. The van der Waals surface area contributed by atoms with Crippen LogP contribution in [0.25, 0.3) is 0 Å². The summed E-state index contributed by atoms with van der Waals surface area (Å²) < 4.78 is 0. The third-order valence-corrected chi connectivity index (χ3v) is 2.40. The second-order valence-corrected chi connectivity index (χ2v) is 4.56. The minimum atomic E-state index is 0.0412. The van der Waals surface area contributed by atoms with Crippen molar-refractivity contribution < 1.29 is 9.90 Å². The lowest BCUT2D eigenvalue weighted by molar-refractivity contribution is -0.119. The lowest BCUT2D eigenvalue weighted by Gasteiger charge is -2.30. The fourth-order valence-corrected chi connectivity index (χ4v) is 1.80. The Bertz CT molecular complexity index is 183. The Hall–Kier alpha value is -0.570. The van der Waals surface area contributed by atoms with Crippen LogP contribution < -0.4 is 5.32 Å². The molecule has 0 aromatic rings. The van der Waals surface area contributed by atoms with Crippen LogP contribution in [0.4, 0.5) is 0 Å². The Balaban J connectivity index is 2.70. The Labute approximate surface area is 73.2 Å². The van der Waals surface area contributed by atoms with E-state index in [-0.39, 0.29) is 29.9 Å². The van der Waals surface area contributed by atoms with Gasteiger partial charge in [-0.25, -0.2) is 0 Å². The van der Waals surface area contributed by atoms with Crippen molar-refractivity contribution in [2.45, 2.75) is 33.2 Å². The van der Waals surface area contributed by atoms with Crippen molar-refractivity contribution in [3.8, 4) is 0 Å². The van der Waals surface area contributed by atoms with Gasteiger partial charge in [-0.05, 0) is 5.41 Å². The van der Waals surface area contributed by atoms with Crippen molar-refractivity contribution in [1.29, 1.82) is 0 Å². The van der Waals surface area contributed by atoms with Crippen LogP contribution in [0.3, 0.4) is 0 Å². The van der Waals surface area contributed by atoms with Gasteiger partial charge in [0, 0.05) is 25.0 Å². The average Bonchev–Trinajstić information content (AvgIpc) is 2.29. The van der Waals surface area contributed by atoms with E-state index in [1.54, 1.807) is 0 Å². The Morgan fingerprint density at radius 1 is 1.58 bits per heavy atom. The normalized spacial score (nSPS) is 30.5. The van der Waals surface area contributed by atoms with Gasteiger partial charge in [0.05, 0.1) is 0 Å². The van der Waals surface area contributed by atoms with E-state index in [0.717, 1.165) is 0 Å². The van der Waals surface area contributed by atoms with Crippen LogP contribution in [0, 0.1) is 11.3 Å². The van der Waals surface area contributed by atoms with E-state index in [9.17, 15) is 4.79 Å². The summed E-state index contributed by atoms with van der Waals surface area (Å²) in [5, 5.41) is 11.9. The van der Waals surface area contributed by atoms with Crippen molar-refractivity contribution in [3.63, 3.8) is 0 Å². The van der Waals surface area contributed by atoms with Crippen LogP contribution in [0.1, 0.15) is 27.2 Å². The molecule has 12 heavy (non-hydrogen) atoms. The SMILES string of the molecule is CC(C)(C)C1NC(=O)CC1CO. The van der Waals surface area contributed by atoms with Crippen LogP contribution in [0.2, 0.25) is 0 Å². The first kappa shape index (κ1) is 9.52. The first-order valence-corrected chi connectivity index (χ1v) is 4.35. The summed E-state index contributed by atoms with van der Waals surface area (Å²) in [7, 11) is 0. The number of aliphatic hydroxyl groups is 1. The molecule has 0 spiro atoms. The Morgan fingerprint density at radius 3 is 2.50 bits per heavy atom. The summed E-state index contributed by atoms with van der Waals surface area (Å²) in [5.74, 6) is 0.159. The van der Waals surface area contributed by atoms with E-state index in [0.29, 0.717) is 6.42 Å². The van der Waals surface area contributed by atoms with Gasteiger partial charge >= 0.3 is 0 Å². The van der Waals surface area contributed by atoms with Crippen molar-refractivity contribution in [1.82, 2.24) is 5.32 Å². The smallest absolute Gasteiger partial charge is 0.220 e. The van der Waals surface area contributed by atoms with Crippen LogP contribution in [0.15, 0.2) is 0 Å². The van der Waals surface area contributed by atoms with Gasteiger partial charge in [0.2, 0.25) is 5.91 Å². The van der Waals surface area contributed by atoms with Crippen LogP contribution in [-0.4, -0.2) is 23.7 Å². The van der Waals surface area contributed by atoms with Crippen molar-refractivity contribution in [2.75, 3.05) is 6.61 Å². The van der Waals surface area contributed by atoms with Gasteiger partial charge in [0.15, 0.2) is 0 Å². The molecule has 0 aliphatic carbocycles. The predicted octanol–water partition coefficient (Wildman–Crippen LogP) is 0.529. The second kappa shape index (κ2) is 3.05. The molecular formula is C9H17NO2. The summed E-state index contributed by atoms with van der Waals surface area (Å²) in [6.45, 7) is 6.32. The molecule has 1 saturated heterocycles. The molecule has 1 aliphatic rings. The Morgan fingerprint density at radius 2 is 2.17 bits per heavy atom. The molecule has 0 bridgehead atoms. The van der Waals surface area contributed by atoms with Gasteiger partial charge in [-0.1, -0.05) is 20.8 Å². The highest BCUT2D eigenvalue weighted by atomic mass is 16.3. The molecule has 0 aromatic heterocycles. The number of nitrogens with one attached hydrogen (secondary N) is 1. The van der Waals surface area contributed by atoms with Gasteiger partial charge in [0.25, 0.3) is 0 Å². The molecule has 1 fully saturated rings. The third-order valence-electron chi connectivity index (χ3n) is 2.40. The van der Waals surface area contributed by atoms with Gasteiger partial charge in [-0.15, -0.1) is 0 Å². The quantitative estimate of drug-likeness (QED) is 0.604. The molecule has 2 unspecified atom stereocenters. The third kappa shape index (κ3) is 1.78. The molecule has 0 saturated carbocycles. The van der Waals surface area contributed by atoms with E-state index in [1.165, 1.54) is 0 Å². The molecule has 0 radical (unpaired) electrons. The van der Waals surface area contributed by atoms with Crippen LogP contribution >= 0.6 is 0 Å². The zero-order valence-electron chi connectivity index (χ0n) is 7.92. The minimum Gasteiger partial charge on any atom is -0.396 e. The Kier molecular flexibility index (Phi) is 2.42. The van der Waals surface area contributed by atoms with Crippen molar-refractivity contribution >= 4 is 5.91 Å². The molecule has 1 rings (SSSR count). The lowest BCUT2D eigenvalue weighted by Crippen LogP contribution is -2.41. The molecule has 1 heterocycles. The van der Waals surface area contributed by atoms with Crippen molar-refractivity contribution in [3.05, 3.63) is 0 Å². The molecule has 70 valence electrons. The minimum absolute atomic E-state index is 0.0412. The number of hydrogen-bond donors (Lipinski definition) is 2. The molecule has 1 aliphatic heterocycles. The van der Waals surface area contributed by atoms with E-state index in [2.05, 4.69) is 26.1 Å². The van der Waals surface area contributed by atoms with Gasteiger partial charge in [-0.3, -0.25) is 4.79 Å². The zero-order valence-corrected chi connectivity index (χ0v) is 7.92. The average molecular weight is 171 g/mol. The molecule has 1 amide bonds. The fraction of sp³-hybridized carbons (Fsp3) is 0.889. The van der Waals surface area contributed by atoms with Gasteiger partial charge in [0.1, 0.15) is 0 Å². The van der Waals surface area contributed by atoms with Gasteiger partial charge < -0.3 is 10.4 Å². The standard InChI is InChI=1S/C9H17NO2/c1-9(2,3)8-6(5-11)4-7(12)10-8/h6,8,11H,4-5H2,1-3H3,(H,10,12). The molecule has 3 heteroatoms. The van der Waals surface area contributed by atoms with Crippen molar-refractivity contribution in [2.24, 2.45) is 11.3 Å². The lowest BCUT2D eigenvalue weighted by atomic mass is 9.80. The first-order valence-electron chi connectivity index (χ1n) is 4.35. The monoisotopic (exact) mass is 171 g/mol. The van der Waals surface area contributed by atoms with E-state index >= 15 is 0 Å².